The summed E-state index contributed by atoms with van der Waals surface area (Å²) >= 11 is 0. The normalized spacial score (nSPS) is 20.4. The number of nitrogens with two attached hydrogens (primary N) is 1. The van der Waals surface area contributed by atoms with Crippen molar-refractivity contribution in [3.63, 3.8) is 0 Å². The molecule has 5 aromatic heterocycles. The summed E-state index contributed by atoms with van der Waals surface area (Å²) in [6, 6.07) is 28.8. The predicted octanol–water partition coefficient (Wildman–Crippen LogP) is 10.5. The van der Waals surface area contributed by atoms with Gasteiger partial charge >= 0.3 is 29.8 Å². The Labute approximate surface area is 719 Å². The van der Waals surface area contributed by atoms with Crippen LogP contribution < -0.4 is 62.6 Å². The number of piperidine rings is 1. The Balaban J connectivity index is 0.000000116. The highest BCUT2D eigenvalue weighted by molar-refractivity contribution is 5.97. The maximum absolute atomic E-state index is 12.2. The Morgan fingerprint density at radius 1 is 0.381 bits per heavy atom. The molecule has 0 spiro atoms. The summed E-state index contributed by atoms with van der Waals surface area (Å²) in [5.74, 6) is -7.36. The number of H-pyrrole nitrogens is 5. The van der Waals surface area contributed by atoms with Crippen molar-refractivity contribution < 1.29 is 84.5 Å². The fraction of sp³-hybridized carbons (Fsp3) is 0.355. The van der Waals surface area contributed by atoms with Gasteiger partial charge in [0.1, 0.15) is 28.7 Å². The van der Waals surface area contributed by atoms with Crippen LogP contribution in [-0.2, 0) is 32.1 Å². The summed E-state index contributed by atoms with van der Waals surface area (Å²) in [6.07, 6.45) is 6.85. The van der Waals surface area contributed by atoms with Crippen molar-refractivity contribution in [1.29, 1.82) is 0 Å². The van der Waals surface area contributed by atoms with Crippen molar-refractivity contribution >= 4 is 52.6 Å². The van der Waals surface area contributed by atoms with Gasteiger partial charge in [0, 0.05) is 144 Å². The highest BCUT2D eigenvalue weighted by Crippen LogP contribution is 2.52. The van der Waals surface area contributed by atoms with Crippen LogP contribution in [-0.4, -0.2) is 197 Å². The highest BCUT2D eigenvalue weighted by Gasteiger charge is 2.54. The molecule has 9 heterocycles. The number of anilines is 4. The number of carboxylic acid groups (broad SMARTS) is 5. The lowest BCUT2D eigenvalue weighted by molar-refractivity contribution is 0.0680. The number of carbonyl (C=O) groups is 5. The number of aromatic nitrogens is 5. The lowest BCUT2D eigenvalue weighted by Crippen LogP contribution is -2.31. The molecule has 10 aromatic rings. The molecule has 1 saturated carbocycles. The molecule has 6 aliphatic carbocycles. The van der Waals surface area contributed by atoms with Crippen LogP contribution in [0.2, 0.25) is 0 Å². The van der Waals surface area contributed by atoms with Crippen LogP contribution in [0.1, 0.15) is 191 Å². The van der Waals surface area contributed by atoms with E-state index < -0.39 is 114 Å². The van der Waals surface area contributed by atoms with E-state index in [9.17, 15) is 88.8 Å². The van der Waals surface area contributed by atoms with Crippen LogP contribution in [0.5, 0.6) is 40.2 Å². The predicted molar refractivity (Wildman–Crippen MR) is 470 cm³/mol. The Bertz CT molecular complexity index is 6560. The second-order valence-corrected chi connectivity index (χ2v) is 34.9. The van der Waals surface area contributed by atoms with Crippen molar-refractivity contribution in [3.8, 4) is 96.5 Å². The second-order valence-electron chi connectivity index (χ2n) is 34.9. The summed E-state index contributed by atoms with van der Waals surface area (Å²) in [4.78, 5) is 142. The molecule has 17 N–H and O–H groups in total. The van der Waals surface area contributed by atoms with Crippen molar-refractivity contribution in [2.75, 3.05) is 93.9 Å². The average molecular weight is 1720 g/mol. The zero-order valence-corrected chi connectivity index (χ0v) is 70.6. The number of hydrogen-bond donors (Lipinski definition) is 16. The van der Waals surface area contributed by atoms with E-state index in [0.29, 0.717) is 129 Å². The van der Waals surface area contributed by atoms with Crippen molar-refractivity contribution in [2.24, 2.45) is 17.6 Å². The first-order valence-electron chi connectivity index (χ1n) is 41.8. The fourth-order valence-corrected chi connectivity index (χ4v) is 20.0. The van der Waals surface area contributed by atoms with Gasteiger partial charge in [0.15, 0.2) is 39.3 Å². The van der Waals surface area contributed by atoms with E-state index in [-0.39, 0.29) is 36.4 Å². The number of carboxylic acids is 5. The number of nitrogens with one attached hydrogen (secondary N) is 5. The van der Waals surface area contributed by atoms with E-state index in [1.807, 2.05) is 108 Å². The van der Waals surface area contributed by atoms with E-state index in [2.05, 4.69) is 82.9 Å². The Kier molecular flexibility index (Phi) is 22.3. The fourth-order valence-electron chi connectivity index (χ4n) is 20.0. The monoisotopic (exact) mass is 1720 g/mol. The molecular formula is C93H97N11O22. The maximum Gasteiger partial charge on any atom is 0.345 e. The minimum absolute atomic E-state index is 0.0775. The lowest BCUT2D eigenvalue weighted by atomic mass is 9.81. The first-order valence-corrected chi connectivity index (χ1v) is 41.8. The zero-order chi connectivity index (χ0) is 90.1. The lowest BCUT2D eigenvalue weighted by Gasteiger charge is -2.28. The van der Waals surface area contributed by atoms with E-state index in [1.54, 1.807) is 6.07 Å². The number of aromatic hydroxyl groups is 5. The molecule has 33 heteroatoms. The van der Waals surface area contributed by atoms with Gasteiger partial charge in [-0.25, -0.2) is 24.0 Å². The van der Waals surface area contributed by atoms with E-state index in [4.69, 9.17) is 25.4 Å². The van der Waals surface area contributed by atoms with Gasteiger partial charge in [-0.2, -0.15) is 0 Å². The summed E-state index contributed by atoms with van der Waals surface area (Å²) in [5, 5.41) is 97.9. The van der Waals surface area contributed by atoms with Gasteiger partial charge in [-0.05, 0) is 195 Å². The van der Waals surface area contributed by atoms with E-state index in [1.165, 1.54) is 18.5 Å². The number of benzene rings is 5. The Morgan fingerprint density at radius 3 is 1.01 bits per heavy atom. The maximum atomic E-state index is 12.2. The number of aromatic carboxylic acids is 5. The molecule has 20 rings (SSSR count). The number of fused-ring (bicyclic) bond motifs is 17. The molecule has 4 fully saturated rings. The van der Waals surface area contributed by atoms with Crippen LogP contribution in [0, 0.1) is 11.8 Å². The minimum atomic E-state index is -1.45. The quantitative estimate of drug-likeness (QED) is 0.0605. The highest BCUT2D eigenvalue weighted by atomic mass is 16.7. The van der Waals surface area contributed by atoms with E-state index in [0.717, 1.165) is 113 Å². The molecule has 3 saturated heterocycles. The second kappa shape index (κ2) is 32.9. The van der Waals surface area contributed by atoms with Gasteiger partial charge in [-0.15, -0.1) is 0 Å². The van der Waals surface area contributed by atoms with Crippen molar-refractivity contribution in [3.05, 3.63) is 220 Å². The summed E-state index contributed by atoms with van der Waals surface area (Å²) < 4.78 is 10.7. The van der Waals surface area contributed by atoms with Crippen molar-refractivity contribution in [2.45, 2.75) is 128 Å². The smallest absolute Gasteiger partial charge is 0.345 e. The average Bonchev–Trinajstić information content (AvgIpc) is 1.51. The SMILES string of the molecule is CC1Cc2cc(N(C)C)ccc2-c2[nH]c(=O)c(C(=O)O)c(O)c21.CC1Cc2cc(N3CCC(N(C)C)C3)ccc2-c2[nH]c(=O)c(C(=O)O)c(O)c21.CC1Cc2cc(N3CCCC3)ccc2-c2[nH]c(=O)c(C(=O)O)c(O)c21.CC1Cc2cc(N3C[C@@H]4C(N)[C@@H]4C3)ccc2-c2[nH]c(=O)c(C(=O)O)c(O)c21.CC1Cc2cc3c(cc2-c2[nH]c(=O)c(C(=O)O)c(O)c21)OCO3. The van der Waals surface area contributed by atoms with E-state index >= 15 is 0 Å². The van der Waals surface area contributed by atoms with Crippen LogP contribution in [0.25, 0.3) is 56.3 Å². The van der Waals surface area contributed by atoms with Gasteiger partial charge in [0.2, 0.25) is 6.79 Å². The molecule has 5 aromatic carbocycles. The molecule has 4 aliphatic heterocycles. The molecule has 9 atom stereocenters. The van der Waals surface area contributed by atoms with Gasteiger partial charge in [-0.3, -0.25) is 24.0 Å². The van der Waals surface area contributed by atoms with Crippen LogP contribution in [0.3, 0.4) is 0 Å². The summed E-state index contributed by atoms with van der Waals surface area (Å²) in [5.41, 5.74) is 18.1. The van der Waals surface area contributed by atoms with Gasteiger partial charge in [0.25, 0.3) is 27.8 Å². The molecule has 33 nitrogen and oxygen atoms in total. The topological polar surface area (TPSA) is 513 Å². The van der Waals surface area contributed by atoms with Gasteiger partial charge in [-0.1, -0.05) is 58.9 Å². The molecule has 10 aliphatic rings. The van der Waals surface area contributed by atoms with Crippen LogP contribution in [0.4, 0.5) is 22.7 Å². The number of rotatable bonds is 10. The molecule has 126 heavy (non-hydrogen) atoms. The number of pyridine rings is 5. The summed E-state index contributed by atoms with van der Waals surface area (Å²) in [7, 11) is 8.12. The molecule has 0 amide bonds. The number of ether oxygens (including phenoxy) is 2. The number of aromatic amines is 5. The Hall–Kier alpha value is -14.1. The van der Waals surface area contributed by atoms with Crippen molar-refractivity contribution in [1.82, 2.24) is 29.8 Å². The third kappa shape index (κ3) is 15.1. The molecule has 0 radical (unpaired) electrons. The third-order valence-corrected chi connectivity index (χ3v) is 26.5. The summed E-state index contributed by atoms with van der Waals surface area (Å²) in [6.45, 7) is 15.8. The largest absolute Gasteiger partial charge is 0.506 e. The first kappa shape index (κ1) is 85.5. The zero-order valence-electron chi connectivity index (χ0n) is 70.6. The standard InChI is InChI=1S/C21H25N3O4.C20H21N3O4.C19H20N2O4.C17H18N2O4.C16H13NO6/c1-11-8-12-9-13(24-7-6-14(10-24)23(2)3)4-5-15(12)18-16(11)19(25)17(21(27)28)20(26)22-18;1-8-4-9-5-10(23-6-12-13(7-23)16(12)21)2-3-11(9)17-14(8)18(24)15(20(26)27)19(25)22-17;1-10-8-11-9-12(21-6-2-3-7-21)4-5-13(11)16-14(10)17(22)15(19(24)25)18(23)20-16;1-8-6-9-7-10(19(2)3)4-5-11(9)14-12(8)15(20)13(17(22)23)16(21)18-14;1-6-2-7-3-9-10(23-5-22-9)4-8(7)13-11(6)14(18)12(16(20)21)15(19)17-13/h4-5,9,11,14H,6-8,10H2,1-3H3,(H,27,28)(H2,22,25,26);2-3,5,8,12-13,16H,4,6-7,21H2,1H3,(H,26,27)(H2,22,24,25);4-5,9-10H,2-3,6-8H2,1H3,(H,24,25)(H2,20,22,23);4-5,7-8H,6H2,1-3H3,(H,22,23)(H2,18,20,21);3-4,6H,2,5H2,1H3,(H,20,21)(H2,17,18,19)/t;8?,12-,13+,16?;;;. The number of hydrogen-bond acceptors (Lipinski definition) is 23. The number of likely N-dealkylation sites (N-methyl/N-ethyl adjacent to an activating group) is 1. The molecular weight excluding hydrogens is 1620 g/mol. The first-order chi connectivity index (χ1) is 59.9. The number of nitrogens with zero attached hydrogens (tertiary/aromatic N) is 5. The Morgan fingerprint density at radius 2 is 0.683 bits per heavy atom. The minimum Gasteiger partial charge on any atom is -0.506 e. The molecule has 7 unspecified atom stereocenters. The molecule has 0 bridgehead atoms. The van der Waals surface area contributed by atoms with Crippen LogP contribution in [0.15, 0.2) is 109 Å². The third-order valence-electron chi connectivity index (χ3n) is 26.5. The van der Waals surface area contributed by atoms with Gasteiger partial charge in [0.05, 0.1) is 28.5 Å². The van der Waals surface area contributed by atoms with Gasteiger partial charge < -0.3 is 116 Å². The molecule has 656 valence electrons. The van der Waals surface area contributed by atoms with Crippen LogP contribution >= 0.6 is 0 Å².